The van der Waals surface area contributed by atoms with E-state index in [1.165, 1.54) is 6.42 Å². The Hall–Kier alpha value is -0.120. The van der Waals surface area contributed by atoms with Gasteiger partial charge >= 0.3 is 0 Å². The van der Waals surface area contributed by atoms with Gasteiger partial charge in [0.05, 0.1) is 6.10 Å². The summed E-state index contributed by atoms with van der Waals surface area (Å²) in [5, 5.41) is 13.9. The third-order valence-electron chi connectivity index (χ3n) is 3.84. The molecule has 0 amide bonds. The van der Waals surface area contributed by atoms with Crippen LogP contribution in [0.2, 0.25) is 0 Å². The molecule has 4 atom stereocenters. The van der Waals surface area contributed by atoms with E-state index in [1.54, 1.807) is 0 Å². The first-order valence-corrected chi connectivity index (χ1v) is 5.70. The quantitative estimate of drug-likeness (QED) is 0.659. The molecule has 0 radical (unpaired) electrons. The lowest BCUT2D eigenvalue weighted by atomic mass is 9.80. The van der Waals surface area contributed by atoms with E-state index in [4.69, 9.17) is 4.74 Å². The van der Waals surface area contributed by atoms with Crippen LogP contribution >= 0.6 is 0 Å². The van der Waals surface area contributed by atoms with Crippen molar-refractivity contribution in [1.82, 2.24) is 5.32 Å². The van der Waals surface area contributed by atoms with Crippen molar-refractivity contribution in [3.63, 3.8) is 0 Å². The van der Waals surface area contributed by atoms with Crippen LogP contribution in [0.1, 0.15) is 33.1 Å². The predicted octanol–water partition coefficient (Wildman–Crippen LogP) is 0.914. The van der Waals surface area contributed by atoms with Gasteiger partial charge in [-0.1, -0.05) is 6.92 Å². The minimum Gasteiger partial charge on any atom is -0.385 e. The number of aliphatic hydroxyl groups is 1. The third kappa shape index (κ3) is 1.69. The Kier molecular flexibility index (Phi) is 2.82. The summed E-state index contributed by atoms with van der Waals surface area (Å²) in [6.45, 7) is 5.97. The van der Waals surface area contributed by atoms with Crippen LogP contribution in [0, 0.1) is 5.92 Å². The normalized spacial score (nSPS) is 49.5. The van der Waals surface area contributed by atoms with E-state index in [0.717, 1.165) is 25.3 Å². The highest BCUT2D eigenvalue weighted by atomic mass is 16.5. The van der Waals surface area contributed by atoms with Crippen LogP contribution in [-0.4, -0.2) is 36.0 Å². The zero-order valence-corrected chi connectivity index (χ0v) is 9.12. The van der Waals surface area contributed by atoms with Crippen LogP contribution in [0.3, 0.4) is 0 Å². The molecule has 2 aliphatic heterocycles. The Bertz CT molecular complexity index is 209. The van der Waals surface area contributed by atoms with Crippen molar-refractivity contribution in [3.8, 4) is 0 Å². The monoisotopic (exact) mass is 199 g/mol. The van der Waals surface area contributed by atoms with Crippen molar-refractivity contribution < 1.29 is 9.84 Å². The topological polar surface area (TPSA) is 41.5 Å². The summed E-state index contributed by atoms with van der Waals surface area (Å²) in [4.78, 5) is 0. The first-order valence-electron chi connectivity index (χ1n) is 5.70. The summed E-state index contributed by atoms with van der Waals surface area (Å²) in [5.74, 6) is 0.720. The number of hydrogen-bond donors (Lipinski definition) is 2. The van der Waals surface area contributed by atoms with E-state index < -0.39 is 5.60 Å². The lowest BCUT2D eigenvalue weighted by Crippen LogP contribution is -2.57. The molecule has 2 heterocycles. The molecule has 2 fully saturated rings. The average Bonchev–Trinajstić information content (AvgIpc) is 2.49. The van der Waals surface area contributed by atoms with Crippen LogP contribution in [-0.2, 0) is 4.74 Å². The van der Waals surface area contributed by atoms with E-state index in [2.05, 4.69) is 12.2 Å². The van der Waals surface area contributed by atoms with E-state index in [9.17, 15) is 5.11 Å². The molecule has 2 rings (SSSR count). The van der Waals surface area contributed by atoms with E-state index in [-0.39, 0.29) is 12.1 Å². The number of ether oxygens (including phenoxy) is 1. The molecule has 82 valence electrons. The van der Waals surface area contributed by atoms with E-state index in [0.29, 0.717) is 6.61 Å². The molecule has 4 unspecified atom stereocenters. The van der Waals surface area contributed by atoms with Gasteiger partial charge in [0.2, 0.25) is 0 Å². The number of piperidine rings is 1. The summed E-state index contributed by atoms with van der Waals surface area (Å²) in [7, 11) is 0. The number of rotatable bonds is 1. The highest BCUT2D eigenvalue weighted by Gasteiger charge is 2.46. The minimum absolute atomic E-state index is 0.0229. The Morgan fingerprint density at radius 3 is 2.79 bits per heavy atom. The van der Waals surface area contributed by atoms with Crippen molar-refractivity contribution in [2.45, 2.75) is 50.9 Å². The summed E-state index contributed by atoms with van der Waals surface area (Å²) >= 11 is 0. The van der Waals surface area contributed by atoms with Crippen molar-refractivity contribution in [2.75, 3.05) is 13.2 Å². The summed E-state index contributed by atoms with van der Waals surface area (Å²) in [5.41, 5.74) is -0.630. The van der Waals surface area contributed by atoms with Gasteiger partial charge in [0.1, 0.15) is 5.60 Å². The summed E-state index contributed by atoms with van der Waals surface area (Å²) in [6, 6.07) is 0.226. The molecule has 0 aliphatic carbocycles. The molecular weight excluding hydrogens is 178 g/mol. The molecule has 0 bridgehead atoms. The first kappa shape index (κ1) is 10.4. The Morgan fingerprint density at radius 2 is 2.21 bits per heavy atom. The predicted molar refractivity (Wildman–Crippen MR) is 55.2 cm³/mol. The molecule has 0 spiro atoms. The maximum absolute atomic E-state index is 10.5. The Labute approximate surface area is 85.8 Å². The van der Waals surface area contributed by atoms with Gasteiger partial charge in [-0.3, -0.25) is 0 Å². The van der Waals surface area contributed by atoms with Gasteiger partial charge in [0.25, 0.3) is 0 Å². The second-order valence-electron chi connectivity index (χ2n) is 4.89. The zero-order valence-electron chi connectivity index (χ0n) is 9.12. The van der Waals surface area contributed by atoms with Crippen LogP contribution < -0.4 is 5.32 Å². The maximum atomic E-state index is 10.5. The highest BCUT2D eigenvalue weighted by molar-refractivity contribution is 5.01. The van der Waals surface area contributed by atoms with Gasteiger partial charge in [-0.25, -0.2) is 0 Å². The molecule has 0 aromatic rings. The molecule has 0 aromatic carbocycles. The Morgan fingerprint density at radius 1 is 1.43 bits per heavy atom. The minimum atomic E-state index is -0.630. The average molecular weight is 199 g/mol. The highest BCUT2D eigenvalue weighted by Crippen LogP contribution is 2.33. The number of hydrogen-bond acceptors (Lipinski definition) is 3. The van der Waals surface area contributed by atoms with Crippen molar-refractivity contribution >= 4 is 0 Å². The zero-order chi connectivity index (χ0) is 10.2. The molecule has 2 saturated heterocycles. The second-order valence-corrected chi connectivity index (χ2v) is 4.89. The van der Waals surface area contributed by atoms with Crippen LogP contribution in [0.5, 0.6) is 0 Å². The van der Waals surface area contributed by atoms with Crippen LogP contribution in [0.25, 0.3) is 0 Å². The van der Waals surface area contributed by atoms with Gasteiger partial charge in [0.15, 0.2) is 0 Å². The lowest BCUT2D eigenvalue weighted by molar-refractivity contribution is -0.0627. The molecular formula is C11H21NO2. The second kappa shape index (κ2) is 3.80. The fourth-order valence-electron chi connectivity index (χ4n) is 2.69. The standard InChI is InChI=1S/C11H21NO2/c1-8-3-5-12-10(7-8)11(13)4-6-14-9(11)2/h8-10,12-13H,3-7H2,1-2H3. The number of nitrogens with one attached hydrogen (secondary N) is 1. The third-order valence-corrected chi connectivity index (χ3v) is 3.84. The first-order chi connectivity index (χ1) is 6.63. The molecule has 2 aliphatic rings. The summed E-state index contributed by atoms with van der Waals surface area (Å²) in [6.07, 6.45) is 3.05. The van der Waals surface area contributed by atoms with Crippen LogP contribution in [0.15, 0.2) is 0 Å². The molecule has 3 nitrogen and oxygen atoms in total. The van der Waals surface area contributed by atoms with Crippen molar-refractivity contribution in [1.29, 1.82) is 0 Å². The smallest absolute Gasteiger partial charge is 0.108 e. The molecule has 0 saturated carbocycles. The fraction of sp³-hybridized carbons (Fsp3) is 1.00. The molecule has 3 heteroatoms. The van der Waals surface area contributed by atoms with Gasteiger partial charge in [-0.05, 0) is 32.2 Å². The largest absolute Gasteiger partial charge is 0.385 e. The van der Waals surface area contributed by atoms with E-state index in [1.807, 2.05) is 6.92 Å². The van der Waals surface area contributed by atoms with Crippen molar-refractivity contribution in [3.05, 3.63) is 0 Å². The van der Waals surface area contributed by atoms with Gasteiger partial charge in [-0.2, -0.15) is 0 Å². The van der Waals surface area contributed by atoms with E-state index >= 15 is 0 Å². The molecule has 14 heavy (non-hydrogen) atoms. The molecule has 0 aromatic heterocycles. The molecule has 2 N–H and O–H groups in total. The van der Waals surface area contributed by atoms with Gasteiger partial charge < -0.3 is 15.2 Å². The van der Waals surface area contributed by atoms with Gasteiger partial charge in [0, 0.05) is 19.1 Å². The maximum Gasteiger partial charge on any atom is 0.108 e. The Balaban J connectivity index is 2.05. The van der Waals surface area contributed by atoms with Crippen LogP contribution in [0.4, 0.5) is 0 Å². The fourth-order valence-corrected chi connectivity index (χ4v) is 2.69. The lowest BCUT2D eigenvalue weighted by Gasteiger charge is -2.40. The van der Waals surface area contributed by atoms with Gasteiger partial charge in [-0.15, -0.1) is 0 Å². The SMILES string of the molecule is CC1CCNC(C2(O)CCOC2C)C1. The summed E-state index contributed by atoms with van der Waals surface area (Å²) < 4.78 is 5.47. The van der Waals surface area contributed by atoms with Crippen molar-refractivity contribution in [2.24, 2.45) is 5.92 Å².